The molecule has 0 N–H and O–H groups in total. The summed E-state index contributed by atoms with van der Waals surface area (Å²) in [5, 5.41) is 0. The van der Waals surface area contributed by atoms with Gasteiger partial charge in [0.2, 0.25) is 5.95 Å². The van der Waals surface area contributed by atoms with E-state index in [4.69, 9.17) is 0 Å². The molecular formula is C19H24N6O. The number of carbonyl (C=O) groups excluding carboxylic acids is 1. The minimum absolute atomic E-state index is 0.0101. The molecule has 4 rings (SSSR count). The van der Waals surface area contributed by atoms with E-state index in [1.165, 1.54) is 19.3 Å². The van der Waals surface area contributed by atoms with Crippen LogP contribution in [0.2, 0.25) is 0 Å². The second-order valence-electron chi connectivity index (χ2n) is 6.79. The summed E-state index contributed by atoms with van der Waals surface area (Å²) >= 11 is 0. The lowest BCUT2D eigenvalue weighted by Crippen LogP contribution is -2.49. The molecule has 26 heavy (non-hydrogen) atoms. The fraction of sp³-hybridized carbons (Fsp3) is 0.474. The van der Waals surface area contributed by atoms with E-state index in [-0.39, 0.29) is 5.91 Å². The predicted octanol–water partition coefficient (Wildman–Crippen LogP) is 1.82. The largest absolute Gasteiger partial charge is 0.353 e. The first-order valence-electron chi connectivity index (χ1n) is 9.33. The van der Waals surface area contributed by atoms with Crippen molar-refractivity contribution in [2.45, 2.75) is 19.3 Å². The molecule has 0 bridgehead atoms. The summed E-state index contributed by atoms with van der Waals surface area (Å²) in [4.78, 5) is 32.2. The van der Waals surface area contributed by atoms with Crippen molar-refractivity contribution in [1.29, 1.82) is 0 Å². The highest BCUT2D eigenvalue weighted by molar-refractivity contribution is 5.93. The Labute approximate surface area is 153 Å². The maximum atomic E-state index is 12.7. The zero-order valence-electron chi connectivity index (χ0n) is 14.9. The first kappa shape index (κ1) is 16.8. The first-order valence-corrected chi connectivity index (χ1v) is 9.33. The lowest BCUT2D eigenvalue weighted by atomic mass is 10.1. The highest BCUT2D eigenvalue weighted by Crippen LogP contribution is 2.17. The molecule has 2 saturated heterocycles. The van der Waals surface area contributed by atoms with Gasteiger partial charge in [0, 0.05) is 57.9 Å². The standard InChI is InChI=1S/C19H24N6O/c26-18(16-14-21-19(22-15-16)25-8-4-1-5-9-25)24-12-10-23(11-13-24)17-6-2-3-7-20-17/h2-3,6-7,14-15H,1,4-5,8-13H2. The number of rotatable bonds is 3. The average Bonchev–Trinajstić information content (AvgIpc) is 2.75. The Hall–Kier alpha value is -2.70. The van der Waals surface area contributed by atoms with E-state index >= 15 is 0 Å². The molecule has 0 atom stereocenters. The second kappa shape index (κ2) is 7.68. The molecule has 7 heteroatoms. The van der Waals surface area contributed by atoms with Crippen LogP contribution in [0.3, 0.4) is 0 Å². The molecule has 2 aliphatic heterocycles. The number of anilines is 2. The highest BCUT2D eigenvalue weighted by Gasteiger charge is 2.23. The van der Waals surface area contributed by atoms with Gasteiger partial charge in [0.1, 0.15) is 5.82 Å². The number of pyridine rings is 1. The van der Waals surface area contributed by atoms with Crippen molar-refractivity contribution >= 4 is 17.7 Å². The number of aromatic nitrogens is 3. The van der Waals surface area contributed by atoms with E-state index in [0.717, 1.165) is 37.9 Å². The molecule has 2 aromatic rings. The third-order valence-corrected chi connectivity index (χ3v) is 5.06. The van der Waals surface area contributed by atoms with E-state index in [9.17, 15) is 4.79 Å². The van der Waals surface area contributed by atoms with Crippen molar-refractivity contribution in [2.75, 3.05) is 49.1 Å². The monoisotopic (exact) mass is 352 g/mol. The Balaban J connectivity index is 1.36. The fourth-order valence-electron chi connectivity index (χ4n) is 3.55. The van der Waals surface area contributed by atoms with Crippen LogP contribution in [0.15, 0.2) is 36.8 Å². The lowest BCUT2D eigenvalue weighted by Gasteiger charge is -2.35. The Kier molecular flexibility index (Phi) is 4.95. The van der Waals surface area contributed by atoms with Gasteiger partial charge in [-0.2, -0.15) is 0 Å². The average molecular weight is 352 g/mol. The van der Waals surface area contributed by atoms with Gasteiger partial charge in [-0.05, 0) is 31.4 Å². The number of amides is 1. The molecule has 4 heterocycles. The van der Waals surface area contributed by atoms with Gasteiger partial charge in [-0.25, -0.2) is 15.0 Å². The van der Waals surface area contributed by atoms with Crippen molar-refractivity contribution in [3.8, 4) is 0 Å². The first-order chi connectivity index (χ1) is 12.8. The zero-order valence-corrected chi connectivity index (χ0v) is 14.9. The third kappa shape index (κ3) is 3.61. The maximum Gasteiger partial charge on any atom is 0.257 e. The van der Waals surface area contributed by atoms with Gasteiger partial charge in [0.15, 0.2) is 0 Å². The zero-order chi connectivity index (χ0) is 17.8. The smallest absolute Gasteiger partial charge is 0.257 e. The van der Waals surface area contributed by atoms with Gasteiger partial charge < -0.3 is 14.7 Å². The maximum absolute atomic E-state index is 12.7. The molecule has 0 spiro atoms. The SMILES string of the molecule is O=C(c1cnc(N2CCCCC2)nc1)N1CCN(c2ccccn2)CC1. The minimum Gasteiger partial charge on any atom is -0.353 e. The molecule has 2 aliphatic rings. The second-order valence-corrected chi connectivity index (χ2v) is 6.79. The fourth-order valence-corrected chi connectivity index (χ4v) is 3.55. The van der Waals surface area contributed by atoms with Crippen LogP contribution in [0.1, 0.15) is 29.6 Å². The summed E-state index contributed by atoms with van der Waals surface area (Å²) in [6.45, 7) is 4.95. The van der Waals surface area contributed by atoms with Crippen LogP contribution in [0, 0.1) is 0 Å². The number of carbonyl (C=O) groups is 1. The molecule has 0 aromatic carbocycles. The van der Waals surface area contributed by atoms with Crippen LogP contribution in [0.4, 0.5) is 11.8 Å². The van der Waals surface area contributed by atoms with E-state index in [0.29, 0.717) is 18.7 Å². The lowest BCUT2D eigenvalue weighted by molar-refractivity contribution is 0.0745. The molecular weight excluding hydrogens is 328 g/mol. The molecule has 0 radical (unpaired) electrons. The molecule has 1 amide bonds. The quantitative estimate of drug-likeness (QED) is 0.840. The molecule has 0 unspecified atom stereocenters. The van der Waals surface area contributed by atoms with Crippen LogP contribution in [-0.4, -0.2) is 65.0 Å². The van der Waals surface area contributed by atoms with Gasteiger partial charge in [0.25, 0.3) is 5.91 Å². The molecule has 2 aromatic heterocycles. The molecule has 136 valence electrons. The van der Waals surface area contributed by atoms with Crippen molar-refractivity contribution in [3.63, 3.8) is 0 Å². The highest BCUT2D eigenvalue weighted by atomic mass is 16.2. The van der Waals surface area contributed by atoms with Crippen molar-refractivity contribution < 1.29 is 4.79 Å². The van der Waals surface area contributed by atoms with Gasteiger partial charge in [-0.3, -0.25) is 4.79 Å². The van der Waals surface area contributed by atoms with Gasteiger partial charge in [0.05, 0.1) is 5.56 Å². The van der Waals surface area contributed by atoms with Crippen molar-refractivity contribution in [1.82, 2.24) is 19.9 Å². The normalized spacial score (nSPS) is 18.1. The molecule has 0 saturated carbocycles. The predicted molar refractivity (Wildman–Crippen MR) is 100 cm³/mol. The number of hydrogen-bond donors (Lipinski definition) is 0. The van der Waals surface area contributed by atoms with Crippen molar-refractivity contribution in [3.05, 3.63) is 42.4 Å². The number of piperidine rings is 1. The number of hydrogen-bond acceptors (Lipinski definition) is 6. The number of piperazine rings is 1. The summed E-state index contributed by atoms with van der Waals surface area (Å²) in [6, 6.07) is 5.91. The van der Waals surface area contributed by atoms with Gasteiger partial charge in [-0.15, -0.1) is 0 Å². The summed E-state index contributed by atoms with van der Waals surface area (Å²) in [6.07, 6.45) is 8.79. The Bertz CT molecular complexity index is 721. The summed E-state index contributed by atoms with van der Waals surface area (Å²) in [5.41, 5.74) is 0.567. The Morgan fingerprint density at radius 1 is 0.808 bits per heavy atom. The van der Waals surface area contributed by atoms with E-state index < -0.39 is 0 Å². The summed E-state index contributed by atoms with van der Waals surface area (Å²) < 4.78 is 0. The van der Waals surface area contributed by atoms with Gasteiger partial charge in [-0.1, -0.05) is 6.07 Å². The van der Waals surface area contributed by atoms with Crippen LogP contribution >= 0.6 is 0 Å². The summed E-state index contributed by atoms with van der Waals surface area (Å²) in [7, 11) is 0. The third-order valence-electron chi connectivity index (χ3n) is 5.06. The van der Waals surface area contributed by atoms with E-state index in [2.05, 4.69) is 24.8 Å². The van der Waals surface area contributed by atoms with E-state index in [1.54, 1.807) is 18.6 Å². The number of nitrogens with zero attached hydrogens (tertiary/aromatic N) is 6. The Morgan fingerprint density at radius 2 is 1.54 bits per heavy atom. The summed E-state index contributed by atoms with van der Waals surface area (Å²) in [5.74, 6) is 1.71. The molecule has 0 aliphatic carbocycles. The van der Waals surface area contributed by atoms with Crippen molar-refractivity contribution in [2.24, 2.45) is 0 Å². The Morgan fingerprint density at radius 3 is 2.19 bits per heavy atom. The minimum atomic E-state index is 0.0101. The van der Waals surface area contributed by atoms with Crippen LogP contribution < -0.4 is 9.80 Å². The van der Waals surface area contributed by atoms with Crippen LogP contribution in [0.25, 0.3) is 0 Å². The molecule has 2 fully saturated rings. The van der Waals surface area contributed by atoms with Gasteiger partial charge >= 0.3 is 0 Å². The van der Waals surface area contributed by atoms with Crippen LogP contribution in [0.5, 0.6) is 0 Å². The van der Waals surface area contributed by atoms with Crippen LogP contribution in [-0.2, 0) is 0 Å². The van der Waals surface area contributed by atoms with E-state index in [1.807, 2.05) is 23.1 Å². The molecule has 7 nitrogen and oxygen atoms in total. The topological polar surface area (TPSA) is 65.5 Å².